The van der Waals surface area contributed by atoms with E-state index in [2.05, 4.69) is 76.2 Å². The van der Waals surface area contributed by atoms with Gasteiger partial charge in [-0.1, -0.05) is 13.0 Å². The van der Waals surface area contributed by atoms with Crippen LogP contribution in [0.25, 0.3) is 0 Å². The Kier molecular flexibility index (Phi) is 4.48. The molecule has 18 heavy (non-hydrogen) atoms. The second kappa shape index (κ2) is 6.10. The molecule has 1 N–H and O–H groups in total. The average Bonchev–Trinajstić information content (AvgIpc) is 2.76. The van der Waals surface area contributed by atoms with E-state index in [1.54, 1.807) is 0 Å². The van der Waals surface area contributed by atoms with E-state index < -0.39 is 0 Å². The number of nitrogens with zero attached hydrogens (tertiary/aromatic N) is 1. The third kappa shape index (κ3) is 3.16. The molecular formula is C15H19BrN2. The summed E-state index contributed by atoms with van der Waals surface area (Å²) in [7, 11) is 0. The highest BCUT2D eigenvalue weighted by Crippen LogP contribution is 2.23. The summed E-state index contributed by atoms with van der Waals surface area (Å²) in [6.07, 6.45) is 3.31. The maximum Gasteiger partial charge on any atom is 0.0553 e. The van der Waals surface area contributed by atoms with E-state index in [1.165, 1.54) is 11.3 Å². The van der Waals surface area contributed by atoms with Gasteiger partial charge in [0.25, 0.3) is 0 Å². The summed E-state index contributed by atoms with van der Waals surface area (Å²) in [5, 5.41) is 3.47. The van der Waals surface area contributed by atoms with Crippen LogP contribution in [0.5, 0.6) is 0 Å². The zero-order valence-corrected chi connectivity index (χ0v) is 12.5. The molecule has 3 heteroatoms. The SMILES string of the molecule is CCCn1cccc1CNc1ccc(C)cc1Br. The lowest BCUT2D eigenvalue weighted by Gasteiger charge is -2.11. The number of hydrogen-bond donors (Lipinski definition) is 1. The fourth-order valence-corrected chi connectivity index (χ4v) is 2.65. The normalized spacial score (nSPS) is 10.6. The van der Waals surface area contributed by atoms with Gasteiger partial charge in [0.15, 0.2) is 0 Å². The summed E-state index contributed by atoms with van der Waals surface area (Å²) in [6.45, 7) is 6.24. The van der Waals surface area contributed by atoms with E-state index in [9.17, 15) is 0 Å². The first-order valence-electron chi connectivity index (χ1n) is 6.34. The molecule has 0 amide bonds. The number of aromatic nitrogens is 1. The number of nitrogens with one attached hydrogen (secondary N) is 1. The Hall–Kier alpha value is -1.22. The fraction of sp³-hybridized carbons (Fsp3) is 0.333. The molecular weight excluding hydrogens is 288 g/mol. The van der Waals surface area contributed by atoms with Gasteiger partial charge in [-0.2, -0.15) is 0 Å². The molecule has 0 fully saturated rings. The van der Waals surface area contributed by atoms with Crippen LogP contribution < -0.4 is 5.32 Å². The molecule has 0 spiro atoms. The number of rotatable bonds is 5. The highest BCUT2D eigenvalue weighted by atomic mass is 79.9. The van der Waals surface area contributed by atoms with Gasteiger partial charge in [-0.05, 0) is 59.1 Å². The Morgan fingerprint density at radius 2 is 2.11 bits per heavy atom. The third-order valence-corrected chi connectivity index (χ3v) is 3.63. The van der Waals surface area contributed by atoms with Crippen LogP contribution in [0.2, 0.25) is 0 Å². The van der Waals surface area contributed by atoms with Crippen LogP contribution in [0.4, 0.5) is 5.69 Å². The molecule has 0 aliphatic rings. The van der Waals surface area contributed by atoms with Gasteiger partial charge in [-0.15, -0.1) is 0 Å². The lowest BCUT2D eigenvalue weighted by molar-refractivity contribution is 0.654. The summed E-state index contributed by atoms with van der Waals surface area (Å²) >= 11 is 3.59. The predicted octanol–water partition coefficient (Wildman–Crippen LogP) is 4.58. The number of aryl methyl sites for hydroxylation is 2. The molecule has 2 nitrogen and oxygen atoms in total. The number of benzene rings is 1. The Morgan fingerprint density at radius 1 is 1.28 bits per heavy atom. The molecule has 0 radical (unpaired) electrons. The Balaban J connectivity index is 2.04. The lowest BCUT2D eigenvalue weighted by atomic mass is 10.2. The monoisotopic (exact) mass is 306 g/mol. The van der Waals surface area contributed by atoms with Crippen LogP contribution in [0.3, 0.4) is 0 Å². The average molecular weight is 307 g/mol. The molecule has 0 saturated heterocycles. The Labute approximate surface area is 117 Å². The summed E-state index contributed by atoms with van der Waals surface area (Å²) in [5.41, 5.74) is 3.73. The zero-order valence-electron chi connectivity index (χ0n) is 10.9. The van der Waals surface area contributed by atoms with Crippen molar-refractivity contribution >= 4 is 21.6 Å². The smallest absolute Gasteiger partial charge is 0.0553 e. The van der Waals surface area contributed by atoms with E-state index >= 15 is 0 Å². The highest BCUT2D eigenvalue weighted by molar-refractivity contribution is 9.10. The van der Waals surface area contributed by atoms with Crippen molar-refractivity contribution in [3.05, 3.63) is 52.3 Å². The molecule has 1 aromatic carbocycles. The van der Waals surface area contributed by atoms with Crippen LogP contribution in [-0.4, -0.2) is 4.57 Å². The molecule has 0 unspecified atom stereocenters. The molecule has 0 bridgehead atoms. The van der Waals surface area contributed by atoms with Crippen molar-refractivity contribution in [2.24, 2.45) is 0 Å². The maximum atomic E-state index is 3.59. The van der Waals surface area contributed by atoms with Gasteiger partial charge in [0, 0.05) is 28.6 Å². The summed E-state index contributed by atoms with van der Waals surface area (Å²) in [5.74, 6) is 0. The molecule has 0 aliphatic heterocycles. The molecule has 1 heterocycles. The lowest BCUT2D eigenvalue weighted by Crippen LogP contribution is -2.07. The minimum atomic E-state index is 0.856. The van der Waals surface area contributed by atoms with E-state index in [-0.39, 0.29) is 0 Å². The highest BCUT2D eigenvalue weighted by Gasteiger charge is 2.02. The van der Waals surface area contributed by atoms with Crippen molar-refractivity contribution in [2.45, 2.75) is 33.4 Å². The van der Waals surface area contributed by atoms with Gasteiger partial charge in [-0.25, -0.2) is 0 Å². The molecule has 2 rings (SSSR count). The maximum absolute atomic E-state index is 3.59. The van der Waals surface area contributed by atoms with Crippen molar-refractivity contribution in [2.75, 3.05) is 5.32 Å². The largest absolute Gasteiger partial charge is 0.379 e. The minimum absolute atomic E-state index is 0.856. The van der Waals surface area contributed by atoms with E-state index in [1.807, 2.05) is 0 Å². The van der Waals surface area contributed by atoms with Crippen LogP contribution in [-0.2, 0) is 13.1 Å². The molecule has 2 aromatic rings. The van der Waals surface area contributed by atoms with Crippen molar-refractivity contribution in [1.82, 2.24) is 4.57 Å². The van der Waals surface area contributed by atoms with E-state index in [0.29, 0.717) is 0 Å². The molecule has 0 saturated carbocycles. The molecule has 1 aromatic heterocycles. The number of anilines is 1. The predicted molar refractivity (Wildman–Crippen MR) is 80.9 cm³/mol. The first-order chi connectivity index (χ1) is 8.70. The van der Waals surface area contributed by atoms with Crippen LogP contribution >= 0.6 is 15.9 Å². The summed E-state index contributed by atoms with van der Waals surface area (Å²) in [6, 6.07) is 10.7. The first kappa shape index (κ1) is 13.2. The first-order valence-corrected chi connectivity index (χ1v) is 7.14. The Bertz CT molecular complexity index is 517. The van der Waals surface area contributed by atoms with Crippen molar-refractivity contribution in [3.63, 3.8) is 0 Å². The van der Waals surface area contributed by atoms with Gasteiger partial charge < -0.3 is 9.88 Å². The third-order valence-electron chi connectivity index (χ3n) is 2.97. The quantitative estimate of drug-likeness (QED) is 0.855. The second-order valence-corrected chi connectivity index (χ2v) is 5.38. The van der Waals surface area contributed by atoms with E-state index in [0.717, 1.165) is 29.7 Å². The Morgan fingerprint density at radius 3 is 2.83 bits per heavy atom. The summed E-state index contributed by atoms with van der Waals surface area (Å²) < 4.78 is 3.42. The van der Waals surface area contributed by atoms with Crippen LogP contribution in [0, 0.1) is 6.92 Å². The van der Waals surface area contributed by atoms with E-state index in [4.69, 9.17) is 0 Å². The van der Waals surface area contributed by atoms with Crippen LogP contribution in [0.1, 0.15) is 24.6 Å². The number of halogens is 1. The molecule has 96 valence electrons. The number of hydrogen-bond acceptors (Lipinski definition) is 1. The van der Waals surface area contributed by atoms with Gasteiger partial charge in [0.2, 0.25) is 0 Å². The minimum Gasteiger partial charge on any atom is -0.379 e. The molecule has 0 aliphatic carbocycles. The molecule has 0 atom stereocenters. The standard InChI is InChI=1S/C15H19BrN2/c1-3-8-18-9-4-5-13(18)11-17-15-7-6-12(2)10-14(15)16/h4-7,9-10,17H,3,8,11H2,1-2H3. The zero-order chi connectivity index (χ0) is 13.0. The fourth-order valence-electron chi connectivity index (χ4n) is 2.02. The van der Waals surface area contributed by atoms with Gasteiger partial charge in [0.05, 0.1) is 6.54 Å². The summed E-state index contributed by atoms with van der Waals surface area (Å²) in [4.78, 5) is 0. The van der Waals surface area contributed by atoms with Crippen molar-refractivity contribution < 1.29 is 0 Å². The van der Waals surface area contributed by atoms with Crippen molar-refractivity contribution in [3.8, 4) is 0 Å². The van der Waals surface area contributed by atoms with Crippen molar-refractivity contribution in [1.29, 1.82) is 0 Å². The van der Waals surface area contributed by atoms with Crippen LogP contribution in [0.15, 0.2) is 41.0 Å². The van der Waals surface area contributed by atoms with Gasteiger partial charge >= 0.3 is 0 Å². The van der Waals surface area contributed by atoms with Gasteiger partial charge in [-0.3, -0.25) is 0 Å². The van der Waals surface area contributed by atoms with Gasteiger partial charge in [0.1, 0.15) is 0 Å². The second-order valence-electron chi connectivity index (χ2n) is 4.53. The topological polar surface area (TPSA) is 17.0 Å².